The molecular weight excluding hydrogens is 150 g/mol. The van der Waals surface area contributed by atoms with Crippen LogP contribution in [0, 0.1) is 0 Å². The lowest BCUT2D eigenvalue weighted by Gasteiger charge is -2.24. The summed E-state index contributed by atoms with van der Waals surface area (Å²) < 4.78 is 5.28. The van der Waals surface area contributed by atoms with E-state index in [0.29, 0.717) is 6.04 Å². The summed E-state index contributed by atoms with van der Waals surface area (Å²) in [5.74, 6) is 0. The Bertz CT molecular complexity index is 93.8. The van der Waals surface area contributed by atoms with E-state index < -0.39 is 0 Å². The van der Waals surface area contributed by atoms with Gasteiger partial charge in [-0.15, -0.1) is 0 Å². The fourth-order valence-corrected chi connectivity index (χ4v) is 1.30. The van der Waals surface area contributed by atoms with Crippen LogP contribution in [-0.2, 0) is 4.74 Å². The topological polar surface area (TPSA) is 12.5 Å². The zero-order valence-corrected chi connectivity index (χ0v) is 8.97. The number of hydrogen-bond donors (Lipinski definition) is 0. The van der Waals surface area contributed by atoms with Crippen molar-refractivity contribution in [2.24, 2.45) is 0 Å². The molecule has 0 radical (unpaired) electrons. The summed E-state index contributed by atoms with van der Waals surface area (Å²) in [6.45, 7) is 12.8. The fraction of sp³-hybridized carbons (Fsp3) is 1.00. The van der Waals surface area contributed by atoms with Crippen molar-refractivity contribution in [3.8, 4) is 0 Å². The molecule has 0 aromatic carbocycles. The molecule has 0 bridgehead atoms. The van der Waals surface area contributed by atoms with Crippen molar-refractivity contribution < 1.29 is 4.74 Å². The maximum atomic E-state index is 5.28. The highest BCUT2D eigenvalue weighted by Gasteiger charge is 2.04. The van der Waals surface area contributed by atoms with E-state index in [4.69, 9.17) is 4.74 Å². The van der Waals surface area contributed by atoms with E-state index in [1.54, 1.807) is 0 Å². The molecule has 0 saturated heterocycles. The van der Waals surface area contributed by atoms with Crippen LogP contribution in [0.5, 0.6) is 0 Å². The highest BCUT2D eigenvalue weighted by atomic mass is 16.5. The number of hydrogen-bond acceptors (Lipinski definition) is 2. The summed E-state index contributed by atoms with van der Waals surface area (Å²) in [7, 11) is 0. The van der Waals surface area contributed by atoms with Gasteiger partial charge in [0.2, 0.25) is 0 Å². The summed E-state index contributed by atoms with van der Waals surface area (Å²) in [5, 5.41) is 0. The van der Waals surface area contributed by atoms with Crippen LogP contribution in [0.1, 0.15) is 34.1 Å². The minimum Gasteiger partial charge on any atom is -0.382 e. The quantitative estimate of drug-likeness (QED) is 0.547. The normalized spacial score (nSPS) is 11.5. The summed E-state index contributed by atoms with van der Waals surface area (Å²) in [6.07, 6.45) is 1.15. The highest BCUT2D eigenvalue weighted by molar-refractivity contribution is 4.59. The molecule has 0 unspecified atom stereocenters. The molecule has 0 aliphatic rings. The van der Waals surface area contributed by atoms with Gasteiger partial charge in [0.15, 0.2) is 0 Å². The van der Waals surface area contributed by atoms with Gasteiger partial charge in [-0.05, 0) is 33.7 Å². The first-order chi connectivity index (χ1) is 5.72. The lowest BCUT2D eigenvalue weighted by atomic mass is 10.3. The van der Waals surface area contributed by atoms with Gasteiger partial charge >= 0.3 is 0 Å². The second-order valence-corrected chi connectivity index (χ2v) is 3.27. The third-order valence-corrected chi connectivity index (χ3v) is 2.07. The van der Waals surface area contributed by atoms with Gasteiger partial charge in [-0.1, -0.05) is 6.92 Å². The minimum absolute atomic E-state index is 0.664. The number of ether oxygens (including phenoxy) is 1. The van der Waals surface area contributed by atoms with Crippen LogP contribution in [0.15, 0.2) is 0 Å². The zero-order chi connectivity index (χ0) is 9.40. The maximum Gasteiger partial charge on any atom is 0.0478 e. The molecule has 0 heterocycles. The van der Waals surface area contributed by atoms with Gasteiger partial charge in [0.1, 0.15) is 0 Å². The molecule has 0 aliphatic carbocycles. The summed E-state index contributed by atoms with van der Waals surface area (Å²) >= 11 is 0. The Morgan fingerprint density at radius 2 is 1.92 bits per heavy atom. The lowest BCUT2D eigenvalue weighted by Crippen LogP contribution is -2.32. The van der Waals surface area contributed by atoms with Crippen LogP contribution in [0.3, 0.4) is 0 Å². The van der Waals surface area contributed by atoms with Gasteiger partial charge < -0.3 is 9.64 Å². The van der Waals surface area contributed by atoms with Crippen molar-refractivity contribution in [1.29, 1.82) is 0 Å². The molecule has 0 spiro atoms. The molecule has 74 valence electrons. The molecule has 2 heteroatoms. The first-order valence-electron chi connectivity index (χ1n) is 5.04. The first kappa shape index (κ1) is 11.9. The predicted molar refractivity (Wildman–Crippen MR) is 53.5 cm³/mol. The molecule has 0 atom stereocenters. The van der Waals surface area contributed by atoms with Crippen LogP contribution in [0.4, 0.5) is 0 Å². The Morgan fingerprint density at radius 1 is 1.25 bits per heavy atom. The average Bonchev–Trinajstić information content (AvgIpc) is 2.04. The summed E-state index contributed by atoms with van der Waals surface area (Å²) in [6, 6.07) is 0.664. The van der Waals surface area contributed by atoms with E-state index >= 15 is 0 Å². The van der Waals surface area contributed by atoms with Crippen molar-refractivity contribution in [3.63, 3.8) is 0 Å². The molecule has 12 heavy (non-hydrogen) atoms. The van der Waals surface area contributed by atoms with Crippen LogP contribution in [0.25, 0.3) is 0 Å². The van der Waals surface area contributed by atoms with E-state index in [1.165, 1.54) is 0 Å². The van der Waals surface area contributed by atoms with E-state index in [9.17, 15) is 0 Å². The predicted octanol–water partition coefficient (Wildman–Crippen LogP) is 2.14. The molecule has 0 rings (SSSR count). The number of rotatable bonds is 7. The van der Waals surface area contributed by atoms with Crippen LogP contribution in [-0.4, -0.2) is 37.2 Å². The molecule has 0 aromatic heterocycles. The van der Waals surface area contributed by atoms with Crippen molar-refractivity contribution in [3.05, 3.63) is 0 Å². The third kappa shape index (κ3) is 5.56. The first-order valence-corrected chi connectivity index (χ1v) is 5.04. The number of nitrogens with zero attached hydrogens (tertiary/aromatic N) is 1. The van der Waals surface area contributed by atoms with Crippen LogP contribution in [0.2, 0.25) is 0 Å². The SMILES string of the molecule is CCOCCCN(CC)C(C)C. The smallest absolute Gasteiger partial charge is 0.0478 e. The molecule has 0 fully saturated rings. The zero-order valence-electron chi connectivity index (χ0n) is 8.97. The van der Waals surface area contributed by atoms with E-state index in [1.807, 2.05) is 6.92 Å². The maximum absolute atomic E-state index is 5.28. The van der Waals surface area contributed by atoms with E-state index in [0.717, 1.165) is 32.7 Å². The Morgan fingerprint density at radius 3 is 2.33 bits per heavy atom. The molecule has 0 saturated carbocycles. The molecule has 2 nitrogen and oxygen atoms in total. The van der Waals surface area contributed by atoms with Gasteiger partial charge in [-0.2, -0.15) is 0 Å². The Balaban J connectivity index is 3.32. The van der Waals surface area contributed by atoms with Gasteiger partial charge in [0, 0.05) is 25.8 Å². The van der Waals surface area contributed by atoms with Crippen molar-refractivity contribution >= 4 is 0 Å². The summed E-state index contributed by atoms with van der Waals surface area (Å²) in [4.78, 5) is 2.46. The molecule has 0 amide bonds. The molecule has 0 aromatic rings. The molecule has 0 aliphatic heterocycles. The van der Waals surface area contributed by atoms with E-state index in [-0.39, 0.29) is 0 Å². The van der Waals surface area contributed by atoms with Crippen LogP contribution < -0.4 is 0 Å². The largest absolute Gasteiger partial charge is 0.382 e. The third-order valence-electron chi connectivity index (χ3n) is 2.07. The second-order valence-electron chi connectivity index (χ2n) is 3.27. The van der Waals surface area contributed by atoms with Gasteiger partial charge in [-0.3, -0.25) is 0 Å². The monoisotopic (exact) mass is 173 g/mol. The second kappa shape index (κ2) is 7.56. The standard InChI is InChI=1S/C10H23NO/c1-5-11(10(3)4)8-7-9-12-6-2/h10H,5-9H2,1-4H3. The molecule has 0 N–H and O–H groups in total. The fourth-order valence-electron chi connectivity index (χ4n) is 1.30. The van der Waals surface area contributed by atoms with E-state index in [2.05, 4.69) is 25.7 Å². The Labute approximate surface area is 76.9 Å². The van der Waals surface area contributed by atoms with Gasteiger partial charge in [-0.25, -0.2) is 0 Å². The minimum atomic E-state index is 0.664. The highest BCUT2D eigenvalue weighted by Crippen LogP contribution is 1.98. The molecular formula is C10H23NO. The van der Waals surface area contributed by atoms with Gasteiger partial charge in [0.25, 0.3) is 0 Å². The summed E-state index contributed by atoms with van der Waals surface area (Å²) in [5.41, 5.74) is 0. The average molecular weight is 173 g/mol. The van der Waals surface area contributed by atoms with Crippen LogP contribution >= 0.6 is 0 Å². The van der Waals surface area contributed by atoms with Gasteiger partial charge in [0.05, 0.1) is 0 Å². The van der Waals surface area contributed by atoms with Crippen molar-refractivity contribution in [2.45, 2.75) is 40.2 Å². The van der Waals surface area contributed by atoms with Crippen molar-refractivity contribution in [2.75, 3.05) is 26.3 Å². The Kier molecular flexibility index (Phi) is 7.51. The lowest BCUT2D eigenvalue weighted by molar-refractivity contribution is 0.126. The Hall–Kier alpha value is -0.0800. The van der Waals surface area contributed by atoms with Crippen molar-refractivity contribution in [1.82, 2.24) is 4.90 Å².